The van der Waals surface area contributed by atoms with Crippen LogP contribution in [0.4, 0.5) is 0 Å². The maximum atomic E-state index is 5.14. The number of hydrogen-bond acceptors (Lipinski definition) is 3. The zero-order chi connectivity index (χ0) is 17.2. The number of nitrogens with zero attached hydrogens (tertiary/aromatic N) is 1. The summed E-state index contributed by atoms with van der Waals surface area (Å²) in [7, 11) is 5.50. The number of ether oxygens (including phenoxy) is 2. The van der Waals surface area contributed by atoms with Crippen molar-refractivity contribution in [3.63, 3.8) is 0 Å². The van der Waals surface area contributed by atoms with Gasteiger partial charge in [0.1, 0.15) is 0 Å². The molecule has 0 amide bonds. The number of methoxy groups -OCH3 is 2. The normalized spacial score (nSPS) is 18.6. The summed E-state index contributed by atoms with van der Waals surface area (Å²) in [5, 5.41) is 0. The number of benzene rings is 1. The lowest BCUT2D eigenvalue weighted by Crippen LogP contribution is -2.13. The maximum Gasteiger partial charge on any atom is 0.163 e. The molecule has 1 atom stereocenters. The van der Waals surface area contributed by atoms with E-state index >= 15 is 0 Å². The van der Waals surface area contributed by atoms with Crippen molar-refractivity contribution in [2.24, 2.45) is 5.92 Å². The molecule has 1 aromatic rings. The molecule has 1 aromatic carbocycles. The van der Waals surface area contributed by atoms with Crippen LogP contribution in [0.1, 0.15) is 45.1 Å². The van der Waals surface area contributed by atoms with Gasteiger partial charge >= 0.3 is 0 Å². The molecule has 130 valence electrons. The molecule has 1 heterocycles. The zero-order valence-electron chi connectivity index (χ0n) is 15.7. The van der Waals surface area contributed by atoms with E-state index in [4.69, 9.17) is 9.47 Å². The molecule has 3 nitrogen and oxygen atoms in total. The highest BCUT2D eigenvalue weighted by Crippen LogP contribution is 2.34. The van der Waals surface area contributed by atoms with E-state index in [0.29, 0.717) is 0 Å². The molecule has 1 aliphatic heterocycles. The van der Waals surface area contributed by atoms with E-state index < -0.39 is 0 Å². The number of para-hydroxylation sites is 1. The minimum absolute atomic E-state index is 0.785. The van der Waals surface area contributed by atoms with E-state index in [0.717, 1.165) is 23.0 Å². The van der Waals surface area contributed by atoms with Crippen molar-refractivity contribution in [3.8, 4) is 11.5 Å². The topological polar surface area (TPSA) is 21.7 Å². The summed E-state index contributed by atoms with van der Waals surface area (Å²) >= 11 is 0. The van der Waals surface area contributed by atoms with Crippen molar-refractivity contribution in [3.05, 3.63) is 35.5 Å². The Labute approximate surface area is 142 Å². The molecule has 1 saturated heterocycles. The first-order valence-electron chi connectivity index (χ1n) is 8.76. The SMILES string of the molecule is CC.CN1CCC2CCCC=C21.COc1cccc(C)c1OC. The Bertz CT molecular complexity index is 496. The Morgan fingerprint density at radius 1 is 1.09 bits per heavy atom. The van der Waals surface area contributed by atoms with E-state index in [9.17, 15) is 0 Å². The molecule has 0 aromatic heterocycles. The molecule has 0 saturated carbocycles. The molecule has 3 rings (SSSR count). The predicted octanol–water partition coefficient (Wildman–Crippen LogP) is 5.04. The van der Waals surface area contributed by atoms with Crippen molar-refractivity contribution >= 4 is 0 Å². The molecule has 2 aliphatic rings. The average molecular weight is 319 g/mol. The third kappa shape index (κ3) is 5.19. The molecule has 0 spiro atoms. The Balaban J connectivity index is 0.000000208. The van der Waals surface area contributed by atoms with Gasteiger partial charge in [-0.2, -0.15) is 0 Å². The maximum absolute atomic E-state index is 5.14. The van der Waals surface area contributed by atoms with Crippen LogP contribution in [0.2, 0.25) is 0 Å². The van der Waals surface area contributed by atoms with E-state index in [2.05, 4.69) is 18.0 Å². The first-order valence-corrected chi connectivity index (χ1v) is 8.76. The first kappa shape index (κ1) is 19.4. The van der Waals surface area contributed by atoms with E-state index in [1.807, 2.05) is 39.0 Å². The number of fused-ring (bicyclic) bond motifs is 1. The lowest BCUT2D eigenvalue weighted by Gasteiger charge is -2.20. The van der Waals surface area contributed by atoms with Gasteiger partial charge in [-0.15, -0.1) is 0 Å². The lowest BCUT2D eigenvalue weighted by atomic mass is 9.93. The van der Waals surface area contributed by atoms with E-state index in [-0.39, 0.29) is 0 Å². The van der Waals surface area contributed by atoms with Gasteiger partial charge in [-0.1, -0.05) is 32.1 Å². The van der Waals surface area contributed by atoms with Crippen LogP contribution in [0.25, 0.3) is 0 Å². The Kier molecular flexibility index (Phi) is 8.60. The monoisotopic (exact) mass is 319 g/mol. The van der Waals surface area contributed by atoms with Crippen molar-refractivity contribution in [1.29, 1.82) is 0 Å². The van der Waals surface area contributed by atoms with Crippen molar-refractivity contribution in [2.45, 2.75) is 46.5 Å². The summed E-state index contributed by atoms with van der Waals surface area (Å²) in [4.78, 5) is 2.42. The number of likely N-dealkylation sites (tertiary alicyclic amines) is 1. The summed E-state index contributed by atoms with van der Waals surface area (Å²) < 4.78 is 10.2. The second kappa shape index (κ2) is 10.2. The molecule has 23 heavy (non-hydrogen) atoms. The molecule has 1 unspecified atom stereocenters. The predicted molar refractivity (Wildman–Crippen MR) is 98.3 cm³/mol. The first-order chi connectivity index (χ1) is 11.2. The van der Waals surface area contributed by atoms with Gasteiger partial charge in [-0.3, -0.25) is 0 Å². The van der Waals surface area contributed by atoms with Crippen LogP contribution in [0.15, 0.2) is 30.0 Å². The van der Waals surface area contributed by atoms with Crippen LogP contribution in [-0.4, -0.2) is 32.7 Å². The van der Waals surface area contributed by atoms with Crippen molar-refractivity contribution < 1.29 is 9.47 Å². The Morgan fingerprint density at radius 2 is 1.83 bits per heavy atom. The third-order valence-corrected chi connectivity index (χ3v) is 4.38. The lowest BCUT2D eigenvalue weighted by molar-refractivity contribution is 0.353. The highest BCUT2D eigenvalue weighted by atomic mass is 16.5. The summed E-state index contributed by atoms with van der Waals surface area (Å²) in [6, 6.07) is 5.81. The van der Waals surface area contributed by atoms with Crippen LogP contribution >= 0.6 is 0 Å². The number of allylic oxidation sites excluding steroid dienone is 2. The fraction of sp³-hybridized carbons (Fsp3) is 0.600. The number of aryl methyl sites for hydroxylation is 1. The van der Waals surface area contributed by atoms with Crippen molar-refractivity contribution in [1.82, 2.24) is 4.90 Å². The van der Waals surface area contributed by atoms with Crippen LogP contribution < -0.4 is 9.47 Å². The minimum atomic E-state index is 0.785. The van der Waals surface area contributed by atoms with E-state index in [1.54, 1.807) is 19.9 Å². The summed E-state index contributed by atoms with van der Waals surface area (Å²) in [5.74, 6) is 2.53. The van der Waals surface area contributed by atoms with Crippen LogP contribution in [0.3, 0.4) is 0 Å². The van der Waals surface area contributed by atoms with Gasteiger partial charge < -0.3 is 14.4 Å². The Hall–Kier alpha value is -1.64. The highest BCUT2D eigenvalue weighted by molar-refractivity contribution is 5.45. The zero-order valence-corrected chi connectivity index (χ0v) is 15.7. The molecule has 1 fully saturated rings. The average Bonchev–Trinajstić information content (AvgIpc) is 2.98. The molecule has 0 radical (unpaired) electrons. The van der Waals surface area contributed by atoms with Gasteiger partial charge in [0.05, 0.1) is 14.2 Å². The van der Waals surface area contributed by atoms with Gasteiger partial charge in [-0.25, -0.2) is 0 Å². The number of hydrogen-bond donors (Lipinski definition) is 0. The van der Waals surface area contributed by atoms with E-state index in [1.165, 1.54) is 32.2 Å². The third-order valence-electron chi connectivity index (χ3n) is 4.38. The van der Waals surface area contributed by atoms with Crippen molar-refractivity contribution in [2.75, 3.05) is 27.8 Å². The standard InChI is InChI=1S/C9H15N.C9H12O2.C2H6/c1-10-7-6-8-4-2-3-5-9(8)10;1-7-5-4-6-8(10-2)9(7)11-3;1-2/h5,8H,2-4,6-7H2,1H3;4-6H,1-3H3;1-2H3. The Morgan fingerprint density at radius 3 is 2.39 bits per heavy atom. The molecule has 1 aliphatic carbocycles. The smallest absolute Gasteiger partial charge is 0.163 e. The second-order valence-electron chi connectivity index (χ2n) is 5.78. The van der Waals surface area contributed by atoms with Gasteiger partial charge in [0, 0.05) is 25.2 Å². The molecular formula is C20H33NO2. The van der Waals surface area contributed by atoms with Gasteiger partial charge in [0.25, 0.3) is 0 Å². The summed E-state index contributed by atoms with van der Waals surface area (Å²) in [6.07, 6.45) is 8.01. The van der Waals surface area contributed by atoms with Gasteiger partial charge in [0.15, 0.2) is 11.5 Å². The molecule has 0 bridgehead atoms. The molecular weight excluding hydrogens is 286 g/mol. The van der Waals surface area contributed by atoms with Crippen LogP contribution in [0, 0.1) is 12.8 Å². The fourth-order valence-electron chi connectivity index (χ4n) is 3.21. The number of rotatable bonds is 2. The molecule has 3 heteroatoms. The van der Waals surface area contributed by atoms with Gasteiger partial charge in [-0.05, 0) is 44.2 Å². The van der Waals surface area contributed by atoms with Crippen LogP contribution in [0.5, 0.6) is 11.5 Å². The van der Waals surface area contributed by atoms with Gasteiger partial charge in [0.2, 0.25) is 0 Å². The quantitative estimate of drug-likeness (QED) is 0.762. The second-order valence-corrected chi connectivity index (χ2v) is 5.78. The summed E-state index contributed by atoms with van der Waals surface area (Å²) in [5.41, 5.74) is 2.72. The molecule has 0 N–H and O–H groups in total. The fourth-order valence-corrected chi connectivity index (χ4v) is 3.21. The minimum Gasteiger partial charge on any atom is -0.493 e. The summed E-state index contributed by atoms with van der Waals surface area (Å²) in [6.45, 7) is 7.28. The highest BCUT2D eigenvalue weighted by Gasteiger charge is 2.26. The largest absolute Gasteiger partial charge is 0.493 e. The van der Waals surface area contributed by atoms with Crippen LogP contribution in [-0.2, 0) is 0 Å².